The molecule has 2 rings (SSSR count). The van der Waals surface area contributed by atoms with Gasteiger partial charge in [0.15, 0.2) is 0 Å². The van der Waals surface area contributed by atoms with E-state index < -0.39 is 0 Å². The smallest absolute Gasteiger partial charge is 0.271 e. The van der Waals surface area contributed by atoms with Gasteiger partial charge in [-0.15, -0.1) is 0 Å². The first-order chi connectivity index (χ1) is 9.65. The number of benzene rings is 1. The normalized spacial score (nSPS) is 10.3. The van der Waals surface area contributed by atoms with Crippen LogP contribution in [0.15, 0.2) is 30.5 Å². The highest BCUT2D eigenvalue weighted by Gasteiger charge is 2.15. The number of ether oxygens (including phenoxy) is 1. The fourth-order valence-electron chi connectivity index (χ4n) is 1.94. The number of methoxy groups -OCH3 is 1. The molecule has 1 aromatic carbocycles. The number of carbonyl (C=O) groups excluding carboxylic acids is 1. The molecule has 0 spiro atoms. The summed E-state index contributed by atoms with van der Waals surface area (Å²) in [7, 11) is 1.61. The molecule has 0 saturated heterocycles. The van der Waals surface area contributed by atoms with Crippen molar-refractivity contribution >= 4 is 11.6 Å². The van der Waals surface area contributed by atoms with Crippen molar-refractivity contribution in [1.82, 2.24) is 15.1 Å². The number of nitrogens with one attached hydrogen (secondary N) is 1. The van der Waals surface area contributed by atoms with Gasteiger partial charge < -0.3 is 15.8 Å². The van der Waals surface area contributed by atoms with Gasteiger partial charge in [0.05, 0.1) is 19.0 Å². The average Bonchev–Trinajstić information content (AvgIpc) is 2.86. The number of nitrogen functional groups attached to an aromatic ring is 1. The number of aryl methyl sites for hydroxylation is 1. The van der Waals surface area contributed by atoms with Crippen molar-refractivity contribution in [3.63, 3.8) is 0 Å². The van der Waals surface area contributed by atoms with Gasteiger partial charge in [0.25, 0.3) is 5.91 Å². The zero-order valence-electron chi connectivity index (χ0n) is 11.6. The van der Waals surface area contributed by atoms with Crippen molar-refractivity contribution < 1.29 is 9.53 Å². The summed E-state index contributed by atoms with van der Waals surface area (Å²) in [5.41, 5.74) is 7.51. The van der Waals surface area contributed by atoms with E-state index in [4.69, 9.17) is 10.5 Å². The molecule has 1 amide bonds. The van der Waals surface area contributed by atoms with Gasteiger partial charge in [-0.25, -0.2) is 0 Å². The van der Waals surface area contributed by atoms with Crippen LogP contribution in [-0.4, -0.2) is 22.8 Å². The number of aromatic nitrogens is 2. The molecule has 0 atom stereocenters. The predicted molar refractivity (Wildman–Crippen MR) is 76.5 cm³/mol. The third kappa shape index (κ3) is 2.90. The predicted octanol–water partition coefficient (Wildman–Crippen LogP) is 1.42. The second-order valence-corrected chi connectivity index (χ2v) is 4.30. The van der Waals surface area contributed by atoms with E-state index in [0.717, 1.165) is 11.3 Å². The summed E-state index contributed by atoms with van der Waals surface area (Å²) in [6.07, 6.45) is 1.49. The summed E-state index contributed by atoms with van der Waals surface area (Å²) in [4.78, 5) is 12.2. The van der Waals surface area contributed by atoms with E-state index in [1.807, 2.05) is 31.2 Å². The highest BCUT2D eigenvalue weighted by molar-refractivity contribution is 5.97. The Morgan fingerprint density at radius 2 is 2.30 bits per heavy atom. The molecular formula is C14H18N4O2. The minimum Gasteiger partial charge on any atom is -0.497 e. The van der Waals surface area contributed by atoms with Crippen LogP contribution in [0.25, 0.3) is 0 Å². The Bertz CT molecular complexity index is 607. The van der Waals surface area contributed by atoms with Crippen molar-refractivity contribution in [2.45, 2.75) is 20.0 Å². The molecule has 0 unspecified atom stereocenters. The van der Waals surface area contributed by atoms with Crippen LogP contribution in [0.5, 0.6) is 5.75 Å². The van der Waals surface area contributed by atoms with Gasteiger partial charge in [-0.3, -0.25) is 9.48 Å². The lowest BCUT2D eigenvalue weighted by Gasteiger charge is -2.08. The number of hydrogen-bond donors (Lipinski definition) is 2. The van der Waals surface area contributed by atoms with E-state index in [-0.39, 0.29) is 5.91 Å². The highest BCUT2D eigenvalue weighted by atomic mass is 16.5. The van der Waals surface area contributed by atoms with Crippen LogP contribution < -0.4 is 15.8 Å². The standard InChI is InChI=1S/C14H18N4O2/c1-3-18-13(12(15)9-17-18)14(19)16-8-10-5-4-6-11(7-10)20-2/h4-7,9H,3,8,15H2,1-2H3,(H,16,19). The Balaban J connectivity index is 2.06. The monoisotopic (exact) mass is 274 g/mol. The maximum Gasteiger partial charge on any atom is 0.271 e. The largest absolute Gasteiger partial charge is 0.497 e. The van der Waals surface area contributed by atoms with Crippen molar-refractivity contribution in [3.8, 4) is 5.75 Å². The molecule has 0 aliphatic heterocycles. The molecule has 6 nitrogen and oxygen atoms in total. The van der Waals surface area contributed by atoms with Crippen LogP contribution in [0.1, 0.15) is 23.0 Å². The van der Waals surface area contributed by atoms with Crippen molar-refractivity contribution in [1.29, 1.82) is 0 Å². The lowest BCUT2D eigenvalue weighted by molar-refractivity contribution is 0.0941. The SMILES string of the molecule is CCn1ncc(N)c1C(=O)NCc1cccc(OC)c1. The van der Waals surface area contributed by atoms with E-state index in [2.05, 4.69) is 10.4 Å². The first-order valence-electron chi connectivity index (χ1n) is 6.38. The number of anilines is 1. The second-order valence-electron chi connectivity index (χ2n) is 4.30. The minimum absolute atomic E-state index is 0.232. The molecule has 1 heterocycles. The van der Waals surface area contributed by atoms with E-state index in [1.165, 1.54) is 6.20 Å². The van der Waals surface area contributed by atoms with Crippen LogP contribution in [0, 0.1) is 0 Å². The molecule has 0 fully saturated rings. The molecule has 1 aromatic heterocycles. The zero-order chi connectivity index (χ0) is 14.5. The van der Waals surface area contributed by atoms with Crippen molar-refractivity contribution in [2.75, 3.05) is 12.8 Å². The van der Waals surface area contributed by atoms with E-state index >= 15 is 0 Å². The maximum absolute atomic E-state index is 12.2. The van der Waals surface area contributed by atoms with Gasteiger partial charge in [-0.2, -0.15) is 5.10 Å². The summed E-state index contributed by atoms with van der Waals surface area (Å²) >= 11 is 0. The Hall–Kier alpha value is -2.50. The van der Waals surface area contributed by atoms with E-state index in [0.29, 0.717) is 24.5 Å². The summed E-state index contributed by atoms with van der Waals surface area (Å²) in [5.74, 6) is 0.527. The molecule has 0 aliphatic rings. The molecule has 0 bridgehead atoms. The average molecular weight is 274 g/mol. The lowest BCUT2D eigenvalue weighted by atomic mass is 10.2. The topological polar surface area (TPSA) is 82.2 Å². The molecule has 0 radical (unpaired) electrons. The van der Waals surface area contributed by atoms with Crippen LogP contribution >= 0.6 is 0 Å². The quantitative estimate of drug-likeness (QED) is 0.864. The summed E-state index contributed by atoms with van der Waals surface area (Å²) in [5, 5.41) is 6.88. The second kappa shape index (κ2) is 6.10. The van der Waals surface area contributed by atoms with Crippen LogP contribution in [0.2, 0.25) is 0 Å². The molecule has 0 aliphatic carbocycles. The summed E-state index contributed by atoms with van der Waals surface area (Å²) in [6.45, 7) is 2.91. The van der Waals surface area contributed by atoms with Crippen molar-refractivity contribution in [2.24, 2.45) is 0 Å². The van der Waals surface area contributed by atoms with Crippen LogP contribution in [-0.2, 0) is 13.1 Å². The first kappa shape index (κ1) is 13.9. The number of rotatable bonds is 5. The summed E-state index contributed by atoms with van der Waals surface area (Å²) < 4.78 is 6.72. The Labute approximate surface area is 117 Å². The molecule has 3 N–H and O–H groups in total. The molecule has 6 heteroatoms. The zero-order valence-corrected chi connectivity index (χ0v) is 11.6. The number of hydrogen-bond acceptors (Lipinski definition) is 4. The molecule has 20 heavy (non-hydrogen) atoms. The summed E-state index contributed by atoms with van der Waals surface area (Å²) in [6, 6.07) is 7.53. The van der Waals surface area contributed by atoms with Gasteiger partial charge in [0.1, 0.15) is 11.4 Å². The fourth-order valence-corrected chi connectivity index (χ4v) is 1.94. The van der Waals surface area contributed by atoms with Crippen LogP contribution in [0.4, 0.5) is 5.69 Å². The lowest BCUT2D eigenvalue weighted by Crippen LogP contribution is -2.26. The number of nitrogens with zero attached hydrogens (tertiary/aromatic N) is 2. The minimum atomic E-state index is -0.232. The third-order valence-corrected chi connectivity index (χ3v) is 2.97. The van der Waals surface area contributed by atoms with E-state index in [9.17, 15) is 4.79 Å². The fraction of sp³-hybridized carbons (Fsp3) is 0.286. The Morgan fingerprint density at radius 3 is 3.00 bits per heavy atom. The van der Waals surface area contributed by atoms with Gasteiger partial charge in [-0.05, 0) is 24.6 Å². The molecule has 106 valence electrons. The number of carbonyl (C=O) groups is 1. The molecule has 2 aromatic rings. The van der Waals surface area contributed by atoms with Gasteiger partial charge in [-0.1, -0.05) is 12.1 Å². The Kier molecular flexibility index (Phi) is 4.24. The number of nitrogens with two attached hydrogens (primary N) is 1. The first-order valence-corrected chi connectivity index (χ1v) is 6.38. The Morgan fingerprint density at radius 1 is 1.50 bits per heavy atom. The third-order valence-electron chi connectivity index (χ3n) is 2.97. The van der Waals surface area contributed by atoms with Crippen LogP contribution in [0.3, 0.4) is 0 Å². The highest BCUT2D eigenvalue weighted by Crippen LogP contribution is 2.13. The number of amides is 1. The molecular weight excluding hydrogens is 256 g/mol. The van der Waals surface area contributed by atoms with E-state index in [1.54, 1.807) is 11.8 Å². The van der Waals surface area contributed by atoms with Crippen molar-refractivity contribution in [3.05, 3.63) is 41.7 Å². The van der Waals surface area contributed by atoms with Gasteiger partial charge >= 0.3 is 0 Å². The molecule has 0 saturated carbocycles. The van der Waals surface area contributed by atoms with Gasteiger partial charge in [0.2, 0.25) is 0 Å². The van der Waals surface area contributed by atoms with Gasteiger partial charge in [0, 0.05) is 13.1 Å². The maximum atomic E-state index is 12.2.